The van der Waals surface area contributed by atoms with Gasteiger partial charge in [0.15, 0.2) is 12.4 Å². The molecule has 10 heteroatoms. The van der Waals surface area contributed by atoms with Gasteiger partial charge in [-0.15, -0.1) is 11.3 Å². The van der Waals surface area contributed by atoms with Gasteiger partial charge in [0.25, 0.3) is 5.91 Å². The van der Waals surface area contributed by atoms with E-state index >= 15 is 0 Å². The average molecular weight is 476 g/mol. The maximum absolute atomic E-state index is 12.6. The van der Waals surface area contributed by atoms with Crippen LogP contribution >= 0.6 is 34.5 Å². The molecule has 7 nitrogen and oxygen atoms in total. The Kier molecular flexibility index (Phi) is 6.13. The third-order valence-electron chi connectivity index (χ3n) is 4.31. The summed E-state index contributed by atoms with van der Waals surface area (Å²) in [5.41, 5.74) is 0.790. The van der Waals surface area contributed by atoms with Crippen LogP contribution in [0.1, 0.15) is 20.2 Å². The van der Waals surface area contributed by atoms with Gasteiger partial charge < -0.3 is 14.8 Å². The van der Waals surface area contributed by atoms with Crippen molar-refractivity contribution in [2.45, 2.75) is 6.73 Å². The highest BCUT2D eigenvalue weighted by Gasteiger charge is 2.18. The van der Waals surface area contributed by atoms with Gasteiger partial charge in [-0.2, -0.15) is 5.10 Å². The number of amides is 1. The Morgan fingerprint density at radius 1 is 1.13 bits per heavy atom. The van der Waals surface area contributed by atoms with Crippen LogP contribution in [0.3, 0.4) is 0 Å². The van der Waals surface area contributed by atoms with E-state index in [4.69, 9.17) is 32.7 Å². The van der Waals surface area contributed by atoms with Crippen LogP contribution in [0.4, 0.5) is 5.69 Å². The first-order valence-electron chi connectivity index (χ1n) is 8.98. The summed E-state index contributed by atoms with van der Waals surface area (Å²) in [5.74, 6) is -0.233. The number of anilines is 1. The minimum absolute atomic E-state index is 0.144. The van der Waals surface area contributed by atoms with E-state index in [1.807, 2.05) is 0 Å². The lowest BCUT2D eigenvalue weighted by Gasteiger charge is -2.06. The van der Waals surface area contributed by atoms with Crippen molar-refractivity contribution in [2.75, 3.05) is 12.4 Å². The smallest absolute Gasteiger partial charge is 0.349 e. The first kappa shape index (κ1) is 21.2. The van der Waals surface area contributed by atoms with Crippen LogP contribution in [-0.2, 0) is 11.5 Å². The fraction of sp³-hybridized carbons (Fsp3) is 0.0952. The highest BCUT2D eigenvalue weighted by molar-refractivity contribution is 7.21. The average Bonchev–Trinajstić information content (AvgIpc) is 3.37. The number of ether oxygens (including phenoxy) is 2. The third-order valence-corrected chi connectivity index (χ3v) is 6.20. The Labute approximate surface area is 191 Å². The fourth-order valence-corrected chi connectivity index (χ4v) is 4.38. The lowest BCUT2D eigenvalue weighted by Crippen LogP contribution is -2.14. The van der Waals surface area contributed by atoms with Crippen LogP contribution < -0.4 is 10.1 Å². The molecule has 4 rings (SSSR count). The lowest BCUT2D eigenvalue weighted by molar-refractivity contribution is 0.0606. The summed E-state index contributed by atoms with van der Waals surface area (Å²) < 4.78 is 12.6. The van der Waals surface area contributed by atoms with Gasteiger partial charge in [-0.3, -0.25) is 4.79 Å². The van der Waals surface area contributed by atoms with Crippen molar-refractivity contribution in [1.29, 1.82) is 0 Å². The van der Waals surface area contributed by atoms with E-state index in [0.717, 1.165) is 4.70 Å². The first-order chi connectivity index (χ1) is 14.9. The van der Waals surface area contributed by atoms with Crippen molar-refractivity contribution in [2.24, 2.45) is 0 Å². The molecule has 0 fully saturated rings. The molecular weight excluding hydrogens is 461 g/mol. The molecule has 0 bridgehead atoms. The molecular formula is C21H15Cl2N3O4S. The van der Waals surface area contributed by atoms with Gasteiger partial charge >= 0.3 is 5.97 Å². The number of carbonyl (C=O) groups excluding carboxylic acids is 2. The standard InChI is InChI=1S/C21H15Cl2N3O4S/c1-29-21(28)19-18(23)15-7-4-13(10-17(15)31-19)24-20(27)16-8-9-26(25-16)11-30-14-5-2-12(22)3-6-14/h2-10H,11H2,1H3,(H,24,27). The number of rotatable bonds is 6. The number of nitrogens with one attached hydrogen (secondary N) is 1. The molecule has 0 atom stereocenters. The van der Waals surface area contributed by atoms with Gasteiger partial charge in [0.2, 0.25) is 0 Å². The molecule has 1 amide bonds. The Hall–Kier alpha value is -3.07. The monoisotopic (exact) mass is 475 g/mol. The Morgan fingerprint density at radius 2 is 1.90 bits per heavy atom. The minimum Gasteiger partial charge on any atom is -0.471 e. The van der Waals surface area contributed by atoms with Crippen LogP contribution in [0.15, 0.2) is 54.7 Å². The molecule has 4 aromatic rings. The van der Waals surface area contributed by atoms with Gasteiger partial charge in [0.1, 0.15) is 10.6 Å². The number of aromatic nitrogens is 2. The van der Waals surface area contributed by atoms with Gasteiger partial charge in [-0.25, -0.2) is 9.48 Å². The number of hydrogen-bond donors (Lipinski definition) is 1. The molecule has 0 aliphatic rings. The number of carbonyl (C=O) groups is 2. The number of fused-ring (bicyclic) bond motifs is 1. The van der Waals surface area contributed by atoms with Gasteiger partial charge in [0, 0.05) is 27.0 Å². The van der Waals surface area contributed by atoms with E-state index in [-0.39, 0.29) is 18.3 Å². The highest BCUT2D eigenvalue weighted by Crippen LogP contribution is 2.37. The highest BCUT2D eigenvalue weighted by atomic mass is 35.5. The zero-order chi connectivity index (χ0) is 22.0. The summed E-state index contributed by atoms with van der Waals surface area (Å²) in [6, 6.07) is 13.7. The molecule has 31 heavy (non-hydrogen) atoms. The topological polar surface area (TPSA) is 82.5 Å². The maximum atomic E-state index is 12.6. The van der Waals surface area contributed by atoms with E-state index < -0.39 is 5.97 Å². The molecule has 0 radical (unpaired) electrons. The predicted octanol–water partition coefficient (Wildman–Crippen LogP) is 5.48. The molecule has 2 aromatic heterocycles. The number of thiophene rings is 1. The lowest BCUT2D eigenvalue weighted by atomic mass is 10.2. The van der Waals surface area contributed by atoms with Crippen molar-refractivity contribution in [3.05, 3.63) is 75.3 Å². The van der Waals surface area contributed by atoms with Crippen molar-refractivity contribution in [3.63, 3.8) is 0 Å². The van der Waals surface area contributed by atoms with Crippen LogP contribution in [0, 0.1) is 0 Å². The van der Waals surface area contributed by atoms with Crippen LogP contribution in [-0.4, -0.2) is 28.8 Å². The Morgan fingerprint density at radius 3 is 2.65 bits per heavy atom. The normalized spacial score (nSPS) is 10.8. The molecule has 158 valence electrons. The SMILES string of the molecule is COC(=O)c1sc2cc(NC(=O)c3ccn(COc4ccc(Cl)cc4)n3)ccc2c1Cl. The summed E-state index contributed by atoms with van der Waals surface area (Å²) in [5, 5.41) is 8.69. The molecule has 1 N–H and O–H groups in total. The number of benzene rings is 2. The molecule has 0 aliphatic carbocycles. The summed E-state index contributed by atoms with van der Waals surface area (Å²) in [6.07, 6.45) is 1.65. The second-order valence-corrected chi connectivity index (χ2v) is 8.24. The van der Waals surface area contributed by atoms with Crippen LogP contribution in [0.2, 0.25) is 10.0 Å². The predicted molar refractivity (Wildman–Crippen MR) is 120 cm³/mol. The van der Waals surface area contributed by atoms with Gasteiger partial charge in [0.05, 0.1) is 12.1 Å². The summed E-state index contributed by atoms with van der Waals surface area (Å²) in [6.45, 7) is 0.144. The van der Waals surface area contributed by atoms with Crippen LogP contribution in [0.25, 0.3) is 10.1 Å². The first-order valence-corrected chi connectivity index (χ1v) is 10.6. The fourth-order valence-electron chi connectivity index (χ4n) is 2.79. The van der Waals surface area contributed by atoms with Crippen molar-refractivity contribution >= 4 is 62.2 Å². The number of methoxy groups -OCH3 is 1. The number of hydrogen-bond acceptors (Lipinski definition) is 6. The van der Waals surface area contributed by atoms with Gasteiger partial charge in [-0.05, 0) is 48.5 Å². The summed E-state index contributed by atoms with van der Waals surface area (Å²) in [4.78, 5) is 24.7. The molecule has 0 unspecified atom stereocenters. The number of esters is 1. The molecule has 2 aromatic carbocycles. The minimum atomic E-state index is -0.497. The quantitative estimate of drug-likeness (QED) is 0.373. The Bertz CT molecular complexity index is 1270. The molecule has 0 aliphatic heterocycles. The summed E-state index contributed by atoms with van der Waals surface area (Å²) >= 11 is 13.3. The van der Waals surface area contributed by atoms with Crippen molar-refractivity contribution in [3.8, 4) is 5.75 Å². The zero-order valence-corrected chi connectivity index (χ0v) is 18.4. The van der Waals surface area contributed by atoms with E-state index in [9.17, 15) is 9.59 Å². The van der Waals surface area contributed by atoms with Gasteiger partial charge in [-0.1, -0.05) is 23.2 Å². The largest absolute Gasteiger partial charge is 0.471 e. The number of nitrogens with zero attached hydrogens (tertiary/aromatic N) is 2. The van der Waals surface area contributed by atoms with Crippen molar-refractivity contribution in [1.82, 2.24) is 9.78 Å². The molecule has 2 heterocycles. The third kappa shape index (κ3) is 4.66. The number of halogens is 2. The van der Waals surface area contributed by atoms with E-state index in [2.05, 4.69) is 10.4 Å². The second-order valence-electron chi connectivity index (χ2n) is 6.37. The molecule has 0 saturated carbocycles. The molecule has 0 spiro atoms. The maximum Gasteiger partial charge on any atom is 0.349 e. The Balaban J connectivity index is 1.44. The van der Waals surface area contributed by atoms with E-state index in [0.29, 0.717) is 31.7 Å². The van der Waals surface area contributed by atoms with E-state index in [1.54, 1.807) is 54.7 Å². The van der Waals surface area contributed by atoms with Crippen molar-refractivity contribution < 1.29 is 19.1 Å². The summed E-state index contributed by atoms with van der Waals surface area (Å²) in [7, 11) is 1.30. The molecule has 0 saturated heterocycles. The van der Waals surface area contributed by atoms with E-state index in [1.165, 1.54) is 23.1 Å². The van der Waals surface area contributed by atoms with Crippen LogP contribution in [0.5, 0.6) is 5.75 Å². The second kappa shape index (κ2) is 8.97. The zero-order valence-electron chi connectivity index (χ0n) is 16.1.